The third kappa shape index (κ3) is 4.60. The maximum absolute atomic E-state index is 12.3. The molecule has 148 valence electrons. The number of carbonyl (C=O) groups is 2. The van der Waals surface area contributed by atoms with Gasteiger partial charge < -0.3 is 15.8 Å². The number of hydrogen-bond acceptors (Lipinski definition) is 5. The molecule has 1 amide bonds. The summed E-state index contributed by atoms with van der Waals surface area (Å²) in [5, 5.41) is 7.11. The van der Waals surface area contributed by atoms with E-state index in [0.29, 0.717) is 17.8 Å². The maximum Gasteiger partial charge on any atom is 0.343 e. The smallest absolute Gasteiger partial charge is 0.343 e. The van der Waals surface area contributed by atoms with Crippen molar-refractivity contribution in [3.8, 4) is 5.69 Å². The number of nitrogens with one attached hydrogen (secondary N) is 1. The molecule has 0 atom stereocenters. The van der Waals surface area contributed by atoms with E-state index in [9.17, 15) is 9.59 Å². The number of benzene rings is 1. The number of aromatic nitrogens is 2. The molecule has 0 radical (unpaired) electrons. The maximum atomic E-state index is 12.3. The summed E-state index contributed by atoms with van der Waals surface area (Å²) in [4.78, 5) is 24.2. The highest BCUT2D eigenvalue weighted by Gasteiger charge is 2.17. The predicted molar refractivity (Wildman–Crippen MR) is 107 cm³/mol. The van der Waals surface area contributed by atoms with Crippen molar-refractivity contribution in [3.63, 3.8) is 0 Å². The molecule has 3 N–H and O–H groups in total. The minimum absolute atomic E-state index is 0.108. The van der Waals surface area contributed by atoms with Crippen molar-refractivity contribution in [2.45, 2.75) is 39.0 Å². The number of nitrogen functional groups attached to an aromatic ring is 1. The summed E-state index contributed by atoms with van der Waals surface area (Å²) in [6, 6.07) is 6.93. The monoisotopic (exact) mass is 382 g/mol. The fraction of sp³-hybridized carbons (Fsp3) is 0.381. The molecular formula is C21H26N4O3. The standard InChI is InChI=1S/C21H26N4O3/c1-2-28-21(27)18-14-24-25(19(18)22)17-10-8-16(9-11-17)20(26)23-13-12-15-6-4-3-5-7-15/h6,8-11,14H,2-5,7,12-13,22H2,1H3,(H,23,26). The molecule has 1 aliphatic rings. The average molecular weight is 382 g/mol. The lowest BCUT2D eigenvalue weighted by Gasteiger charge is -2.13. The first-order valence-corrected chi connectivity index (χ1v) is 9.67. The molecule has 1 aromatic carbocycles. The Bertz CT molecular complexity index is 868. The van der Waals surface area contributed by atoms with Gasteiger partial charge in [0.05, 0.1) is 18.5 Å². The van der Waals surface area contributed by atoms with Crippen LogP contribution in [0.5, 0.6) is 0 Å². The SMILES string of the molecule is CCOC(=O)c1cnn(-c2ccc(C(=O)NCCC3=CCCCC3)cc2)c1N. The second kappa shape index (κ2) is 9.21. The van der Waals surface area contributed by atoms with E-state index in [-0.39, 0.29) is 23.9 Å². The molecular weight excluding hydrogens is 356 g/mol. The van der Waals surface area contributed by atoms with Gasteiger partial charge in [0.1, 0.15) is 11.4 Å². The molecule has 0 fully saturated rings. The molecule has 2 aromatic rings. The van der Waals surface area contributed by atoms with Crippen LogP contribution in [0.15, 0.2) is 42.1 Å². The van der Waals surface area contributed by atoms with Crippen LogP contribution in [0, 0.1) is 0 Å². The fourth-order valence-corrected chi connectivity index (χ4v) is 3.25. The van der Waals surface area contributed by atoms with E-state index >= 15 is 0 Å². The fourth-order valence-electron chi connectivity index (χ4n) is 3.25. The van der Waals surface area contributed by atoms with Gasteiger partial charge in [-0.1, -0.05) is 11.6 Å². The van der Waals surface area contributed by atoms with Crippen molar-refractivity contribution in [3.05, 3.63) is 53.2 Å². The summed E-state index contributed by atoms with van der Waals surface area (Å²) >= 11 is 0. The van der Waals surface area contributed by atoms with Gasteiger partial charge in [-0.2, -0.15) is 5.10 Å². The highest BCUT2D eigenvalue weighted by molar-refractivity contribution is 5.95. The Morgan fingerprint density at radius 1 is 1.25 bits per heavy atom. The summed E-state index contributed by atoms with van der Waals surface area (Å²) < 4.78 is 6.41. The molecule has 1 heterocycles. The Morgan fingerprint density at radius 2 is 2.04 bits per heavy atom. The number of hydrogen-bond donors (Lipinski definition) is 2. The van der Waals surface area contributed by atoms with Crippen LogP contribution in [0.1, 0.15) is 59.7 Å². The molecule has 0 bridgehead atoms. The van der Waals surface area contributed by atoms with Gasteiger partial charge in [0.15, 0.2) is 0 Å². The molecule has 1 aliphatic carbocycles. The number of allylic oxidation sites excluding steroid dienone is 1. The summed E-state index contributed by atoms with van der Waals surface area (Å²) in [6.07, 6.45) is 9.39. The highest BCUT2D eigenvalue weighted by Crippen LogP contribution is 2.20. The van der Waals surface area contributed by atoms with Gasteiger partial charge in [0.2, 0.25) is 0 Å². The summed E-state index contributed by atoms with van der Waals surface area (Å²) in [5.74, 6) is -0.407. The lowest BCUT2D eigenvalue weighted by Crippen LogP contribution is -2.24. The molecule has 7 nitrogen and oxygen atoms in total. The first-order chi connectivity index (χ1) is 13.6. The molecule has 0 aliphatic heterocycles. The van der Waals surface area contributed by atoms with Gasteiger partial charge in [0, 0.05) is 12.1 Å². The zero-order valence-corrected chi connectivity index (χ0v) is 16.1. The van der Waals surface area contributed by atoms with Crippen LogP contribution in [-0.4, -0.2) is 34.8 Å². The Kier molecular flexibility index (Phi) is 6.47. The summed E-state index contributed by atoms with van der Waals surface area (Å²) in [6.45, 7) is 2.64. The van der Waals surface area contributed by atoms with E-state index in [1.165, 1.54) is 29.3 Å². The molecule has 3 rings (SSSR count). The first kappa shape index (κ1) is 19.7. The zero-order chi connectivity index (χ0) is 19.9. The van der Waals surface area contributed by atoms with E-state index in [1.54, 1.807) is 31.2 Å². The van der Waals surface area contributed by atoms with Crippen LogP contribution < -0.4 is 11.1 Å². The van der Waals surface area contributed by atoms with Crippen molar-refractivity contribution in [1.29, 1.82) is 0 Å². The van der Waals surface area contributed by atoms with Gasteiger partial charge >= 0.3 is 5.97 Å². The van der Waals surface area contributed by atoms with E-state index in [2.05, 4.69) is 16.5 Å². The number of carbonyl (C=O) groups excluding carboxylic acids is 2. The molecule has 0 saturated carbocycles. The van der Waals surface area contributed by atoms with Crippen LogP contribution in [0.4, 0.5) is 5.82 Å². The second-order valence-electron chi connectivity index (χ2n) is 6.74. The molecule has 0 spiro atoms. The van der Waals surface area contributed by atoms with Crippen molar-refractivity contribution < 1.29 is 14.3 Å². The van der Waals surface area contributed by atoms with Crippen molar-refractivity contribution >= 4 is 17.7 Å². The average Bonchev–Trinajstić information content (AvgIpc) is 3.10. The number of nitrogens with two attached hydrogens (primary N) is 1. The lowest BCUT2D eigenvalue weighted by molar-refractivity contribution is 0.0527. The molecule has 0 unspecified atom stereocenters. The zero-order valence-electron chi connectivity index (χ0n) is 16.1. The molecule has 28 heavy (non-hydrogen) atoms. The van der Waals surface area contributed by atoms with Gasteiger partial charge in [-0.3, -0.25) is 4.79 Å². The lowest BCUT2D eigenvalue weighted by atomic mass is 9.97. The van der Waals surface area contributed by atoms with Gasteiger partial charge in [-0.15, -0.1) is 0 Å². The normalized spacial score (nSPS) is 13.7. The Morgan fingerprint density at radius 3 is 2.71 bits per heavy atom. The van der Waals surface area contributed by atoms with Gasteiger partial charge in [-0.25, -0.2) is 9.48 Å². The third-order valence-electron chi connectivity index (χ3n) is 4.79. The molecule has 0 saturated heterocycles. The number of nitrogens with zero attached hydrogens (tertiary/aromatic N) is 2. The minimum atomic E-state index is -0.504. The topological polar surface area (TPSA) is 99.2 Å². The van der Waals surface area contributed by atoms with E-state index in [0.717, 1.165) is 19.3 Å². The number of rotatable bonds is 7. The van der Waals surface area contributed by atoms with E-state index in [4.69, 9.17) is 10.5 Å². The quantitative estimate of drug-likeness (QED) is 0.566. The largest absolute Gasteiger partial charge is 0.462 e. The molecule has 7 heteroatoms. The van der Waals surface area contributed by atoms with Crippen LogP contribution >= 0.6 is 0 Å². The van der Waals surface area contributed by atoms with Gasteiger partial charge in [-0.05, 0) is 63.3 Å². The van der Waals surface area contributed by atoms with Crippen molar-refractivity contribution in [2.75, 3.05) is 18.9 Å². The molecule has 1 aromatic heterocycles. The summed E-state index contributed by atoms with van der Waals surface area (Å²) in [7, 11) is 0. The second-order valence-corrected chi connectivity index (χ2v) is 6.74. The Balaban J connectivity index is 1.61. The first-order valence-electron chi connectivity index (χ1n) is 9.67. The van der Waals surface area contributed by atoms with Crippen LogP contribution in [0.3, 0.4) is 0 Å². The highest BCUT2D eigenvalue weighted by atomic mass is 16.5. The van der Waals surface area contributed by atoms with Gasteiger partial charge in [0.25, 0.3) is 5.91 Å². The van der Waals surface area contributed by atoms with E-state index < -0.39 is 5.97 Å². The summed E-state index contributed by atoms with van der Waals surface area (Å²) in [5.41, 5.74) is 8.91. The van der Waals surface area contributed by atoms with Crippen LogP contribution in [0.2, 0.25) is 0 Å². The Hall–Kier alpha value is -3.09. The Labute approximate surface area is 164 Å². The third-order valence-corrected chi connectivity index (χ3v) is 4.79. The number of ether oxygens (including phenoxy) is 1. The number of amides is 1. The minimum Gasteiger partial charge on any atom is -0.462 e. The number of anilines is 1. The predicted octanol–water partition coefficient (Wildman–Crippen LogP) is 3.25. The van der Waals surface area contributed by atoms with E-state index in [1.807, 2.05) is 0 Å². The number of esters is 1. The van der Waals surface area contributed by atoms with Crippen LogP contribution in [0.25, 0.3) is 5.69 Å². The van der Waals surface area contributed by atoms with Crippen LogP contribution in [-0.2, 0) is 4.74 Å². The van der Waals surface area contributed by atoms with Crippen molar-refractivity contribution in [2.24, 2.45) is 0 Å². The van der Waals surface area contributed by atoms with Crippen molar-refractivity contribution in [1.82, 2.24) is 15.1 Å².